The van der Waals surface area contributed by atoms with Crippen molar-refractivity contribution < 1.29 is 13.6 Å². The molecule has 7 heteroatoms. The van der Waals surface area contributed by atoms with E-state index in [1.165, 1.54) is 0 Å². The number of nitrogens with two attached hydrogens (primary N) is 1. The Labute approximate surface area is 93.8 Å². The Kier molecular flexibility index (Phi) is 3.73. The predicted octanol–water partition coefficient (Wildman–Crippen LogP) is 0.347. The van der Waals surface area contributed by atoms with E-state index in [9.17, 15) is 8.42 Å². The summed E-state index contributed by atoms with van der Waals surface area (Å²) in [4.78, 5) is 0. The van der Waals surface area contributed by atoms with Crippen LogP contribution in [-0.4, -0.2) is 25.7 Å². The maximum Gasteiger partial charge on any atom is 0.229 e. The van der Waals surface area contributed by atoms with Gasteiger partial charge in [0.15, 0.2) is 0 Å². The molecule has 88 valence electrons. The maximum atomic E-state index is 10.9. The van der Waals surface area contributed by atoms with E-state index in [0.29, 0.717) is 12.1 Å². The van der Waals surface area contributed by atoms with Crippen molar-refractivity contribution in [3.63, 3.8) is 0 Å². The van der Waals surface area contributed by atoms with Crippen LogP contribution in [0.15, 0.2) is 29.4 Å². The number of amidine groups is 1. The van der Waals surface area contributed by atoms with E-state index in [-0.39, 0.29) is 5.84 Å². The summed E-state index contributed by atoms with van der Waals surface area (Å²) >= 11 is 0. The first-order valence-electron chi connectivity index (χ1n) is 4.44. The molecule has 0 radical (unpaired) electrons. The Hall–Kier alpha value is -1.76. The van der Waals surface area contributed by atoms with Crippen LogP contribution >= 0.6 is 0 Å². The van der Waals surface area contributed by atoms with Gasteiger partial charge < -0.3 is 10.9 Å². The van der Waals surface area contributed by atoms with Gasteiger partial charge in [0.05, 0.1) is 6.26 Å². The lowest BCUT2D eigenvalue weighted by molar-refractivity contribution is 0.317. The lowest BCUT2D eigenvalue weighted by Crippen LogP contribution is -2.14. The molecule has 1 rings (SSSR count). The molecule has 0 aliphatic heterocycles. The summed E-state index contributed by atoms with van der Waals surface area (Å²) in [6.45, 7) is 0. The molecule has 0 aliphatic rings. The zero-order chi connectivity index (χ0) is 12.2. The summed E-state index contributed by atoms with van der Waals surface area (Å²) in [5.74, 6) is 0.101. The van der Waals surface area contributed by atoms with Crippen LogP contribution in [0.25, 0.3) is 0 Å². The third-order valence-corrected chi connectivity index (χ3v) is 2.38. The number of rotatable bonds is 4. The van der Waals surface area contributed by atoms with Crippen molar-refractivity contribution in [2.24, 2.45) is 10.9 Å². The topological polar surface area (TPSA) is 105 Å². The monoisotopic (exact) mass is 243 g/mol. The van der Waals surface area contributed by atoms with Gasteiger partial charge in [-0.05, 0) is 17.7 Å². The first-order valence-corrected chi connectivity index (χ1v) is 6.33. The molecule has 1 aromatic rings. The molecule has 0 atom stereocenters. The Morgan fingerprint density at radius 3 is 2.44 bits per heavy atom. The van der Waals surface area contributed by atoms with Crippen LogP contribution in [0.2, 0.25) is 0 Å². The second-order valence-corrected chi connectivity index (χ2v) is 5.09. The van der Waals surface area contributed by atoms with Crippen molar-refractivity contribution in [1.82, 2.24) is 0 Å². The highest BCUT2D eigenvalue weighted by molar-refractivity contribution is 7.92. The number of nitrogens with one attached hydrogen (secondary N) is 1. The minimum absolute atomic E-state index is 0.101. The van der Waals surface area contributed by atoms with Crippen molar-refractivity contribution in [1.29, 1.82) is 0 Å². The van der Waals surface area contributed by atoms with Gasteiger partial charge in [-0.3, -0.25) is 4.72 Å². The minimum Gasteiger partial charge on any atom is -0.409 e. The second-order valence-electron chi connectivity index (χ2n) is 3.34. The first kappa shape index (κ1) is 12.3. The van der Waals surface area contributed by atoms with Crippen LogP contribution < -0.4 is 10.5 Å². The van der Waals surface area contributed by atoms with Crippen LogP contribution in [0.1, 0.15) is 5.56 Å². The van der Waals surface area contributed by atoms with Gasteiger partial charge in [-0.15, -0.1) is 0 Å². The highest BCUT2D eigenvalue weighted by atomic mass is 32.2. The first-order chi connectivity index (χ1) is 7.40. The molecule has 0 heterocycles. The van der Waals surface area contributed by atoms with E-state index in [1.54, 1.807) is 24.3 Å². The molecule has 0 bridgehead atoms. The van der Waals surface area contributed by atoms with Gasteiger partial charge in [-0.2, -0.15) is 0 Å². The summed E-state index contributed by atoms with van der Waals surface area (Å²) in [6, 6.07) is 6.62. The SMILES string of the molecule is CS(=O)(=O)Nc1ccc(C/C(N)=N\O)cc1. The van der Waals surface area contributed by atoms with Gasteiger partial charge in [0.1, 0.15) is 5.84 Å². The van der Waals surface area contributed by atoms with Crippen molar-refractivity contribution in [2.45, 2.75) is 6.42 Å². The Morgan fingerprint density at radius 1 is 1.44 bits per heavy atom. The van der Waals surface area contributed by atoms with Crippen LogP contribution in [0.5, 0.6) is 0 Å². The zero-order valence-electron chi connectivity index (χ0n) is 8.71. The third kappa shape index (κ3) is 4.18. The molecule has 0 saturated carbocycles. The van der Waals surface area contributed by atoms with E-state index in [4.69, 9.17) is 10.9 Å². The maximum absolute atomic E-state index is 10.9. The largest absolute Gasteiger partial charge is 0.409 e. The molecule has 0 unspecified atom stereocenters. The lowest BCUT2D eigenvalue weighted by atomic mass is 10.1. The summed E-state index contributed by atoms with van der Waals surface area (Å²) in [6.07, 6.45) is 1.40. The van der Waals surface area contributed by atoms with Crippen molar-refractivity contribution in [3.8, 4) is 0 Å². The summed E-state index contributed by atoms with van der Waals surface area (Å²) in [7, 11) is -3.26. The molecule has 0 aromatic heterocycles. The fraction of sp³-hybridized carbons (Fsp3) is 0.222. The number of oxime groups is 1. The lowest BCUT2D eigenvalue weighted by Gasteiger charge is -2.04. The molecule has 0 fully saturated rings. The number of anilines is 1. The third-order valence-electron chi connectivity index (χ3n) is 1.77. The number of sulfonamides is 1. The van der Waals surface area contributed by atoms with Crippen LogP contribution in [0.4, 0.5) is 5.69 Å². The highest BCUT2D eigenvalue weighted by Gasteiger charge is 2.02. The molecule has 0 aliphatic carbocycles. The number of hydrogen-bond donors (Lipinski definition) is 3. The van der Waals surface area contributed by atoms with E-state index in [1.807, 2.05) is 0 Å². The van der Waals surface area contributed by atoms with Gasteiger partial charge in [0.25, 0.3) is 0 Å². The van der Waals surface area contributed by atoms with Gasteiger partial charge in [-0.25, -0.2) is 8.42 Å². The fourth-order valence-corrected chi connectivity index (χ4v) is 1.71. The predicted molar refractivity (Wildman–Crippen MR) is 62.0 cm³/mol. The fourth-order valence-electron chi connectivity index (χ4n) is 1.15. The van der Waals surface area contributed by atoms with Crippen molar-refractivity contribution in [3.05, 3.63) is 29.8 Å². The minimum atomic E-state index is -3.26. The van der Waals surface area contributed by atoms with E-state index in [0.717, 1.165) is 11.8 Å². The molecule has 16 heavy (non-hydrogen) atoms. The van der Waals surface area contributed by atoms with Crippen LogP contribution in [0.3, 0.4) is 0 Å². The highest BCUT2D eigenvalue weighted by Crippen LogP contribution is 2.11. The molecule has 1 aromatic carbocycles. The van der Waals surface area contributed by atoms with Crippen molar-refractivity contribution >= 4 is 21.5 Å². The van der Waals surface area contributed by atoms with Gasteiger partial charge in [-0.1, -0.05) is 17.3 Å². The quantitative estimate of drug-likeness (QED) is 0.307. The molecule has 0 spiro atoms. The van der Waals surface area contributed by atoms with Crippen molar-refractivity contribution in [2.75, 3.05) is 11.0 Å². The molecule has 6 nitrogen and oxygen atoms in total. The Morgan fingerprint density at radius 2 is 2.00 bits per heavy atom. The summed E-state index contributed by atoms with van der Waals surface area (Å²) in [5.41, 5.74) is 6.64. The van der Waals surface area contributed by atoms with Crippen LogP contribution in [0, 0.1) is 0 Å². The molecule has 4 N–H and O–H groups in total. The normalized spacial score (nSPS) is 12.4. The van der Waals surface area contributed by atoms with Crippen LogP contribution in [-0.2, 0) is 16.4 Å². The smallest absolute Gasteiger partial charge is 0.229 e. The molecular weight excluding hydrogens is 230 g/mol. The van der Waals surface area contributed by atoms with E-state index < -0.39 is 10.0 Å². The standard InChI is InChI=1S/C9H13N3O3S/c1-16(14,15)12-8-4-2-7(3-5-8)6-9(10)11-13/h2-5,12-13H,6H2,1H3,(H2,10,11). The number of nitrogens with zero attached hydrogens (tertiary/aromatic N) is 1. The van der Waals surface area contributed by atoms with Gasteiger partial charge >= 0.3 is 0 Å². The Balaban J connectivity index is 2.76. The summed E-state index contributed by atoms with van der Waals surface area (Å²) in [5, 5.41) is 11.2. The molecule has 0 amide bonds. The zero-order valence-corrected chi connectivity index (χ0v) is 9.53. The average molecular weight is 243 g/mol. The van der Waals surface area contributed by atoms with Gasteiger partial charge in [0, 0.05) is 12.1 Å². The Bertz CT molecular complexity index is 479. The summed E-state index contributed by atoms with van der Waals surface area (Å²) < 4.78 is 24.2. The number of hydrogen-bond acceptors (Lipinski definition) is 4. The molecule has 0 saturated heterocycles. The van der Waals surface area contributed by atoms with E-state index >= 15 is 0 Å². The average Bonchev–Trinajstić information content (AvgIpc) is 2.18. The van der Waals surface area contributed by atoms with E-state index in [2.05, 4.69) is 9.88 Å². The second kappa shape index (κ2) is 4.84. The molecular formula is C9H13N3O3S. The number of benzene rings is 1. The van der Waals surface area contributed by atoms with Gasteiger partial charge in [0.2, 0.25) is 10.0 Å².